The molecule has 0 spiro atoms. The Hall–Kier alpha value is -1.13. The first-order valence-electron chi connectivity index (χ1n) is 4.64. The highest BCUT2D eigenvalue weighted by Crippen LogP contribution is 2.12. The second-order valence-electron chi connectivity index (χ2n) is 3.30. The molecule has 0 saturated heterocycles. The lowest BCUT2D eigenvalue weighted by Gasteiger charge is -2.07. The van der Waals surface area contributed by atoms with E-state index in [0.29, 0.717) is 0 Å². The van der Waals surface area contributed by atoms with Crippen LogP contribution in [0, 0.1) is 0 Å². The van der Waals surface area contributed by atoms with E-state index in [4.69, 9.17) is 5.11 Å². The van der Waals surface area contributed by atoms with Crippen LogP contribution in [0.4, 0.5) is 0 Å². The molecule has 0 radical (unpaired) electrons. The van der Waals surface area contributed by atoms with Crippen LogP contribution in [0.15, 0.2) is 41.3 Å². The Bertz CT molecular complexity index is 453. The summed E-state index contributed by atoms with van der Waals surface area (Å²) in [5.74, 6) is 0. The largest absolute Gasteiger partial charge is 0.390 e. The summed E-state index contributed by atoms with van der Waals surface area (Å²) >= 11 is 3.38. The summed E-state index contributed by atoms with van der Waals surface area (Å²) in [5, 5.41) is 9.09. The average Bonchev–Trinajstić information content (AvgIpc) is 2.65. The van der Waals surface area contributed by atoms with E-state index in [1.54, 1.807) is 6.20 Å². The van der Waals surface area contributed by atoms with Gasteiger partial charge in [-0.1, -0.05) is 0 Å². The summed E-state index contributed by atoms with van der Waals surface area (Å²) in [5.41, 5.74) is 2.02. The van der Waals surface area contributed by atoms with Gasteiger partial charge < -0.3 is 9.67 Å². The summed E-state index contributed by atoms with van der Waals surface area (Å²) in [7, 11) is 0. The molecule has 3 nitrogen and oxygen atoms in total. The zero-order valence-corrected chi connectivity index (χ0v) is 9.68. The molecule has 1 N–H and O–H groups in total. The van der Waals surface area contributed by atoms with E-state index in [0.717, 1.165) is 22.3 Å². The van der Waals surface area contributed by atoms with Crippen molar-refractivity contribution in [3.05, 3.63) is 52.5 Å². The molecule has 0 aliphatic carbocycles. The monoisotopic (exact) mass is 266 g/mol. The van der Waals surface area contributed by atoms with Gasteiger partial charge in [0.05, 0.1) is 6.61 Å². The third-order valence-corrected chi connectivity index (χ3v) is 2.63. The quantitative estimate of drug-likeness (QED) is 0.925. The lowest BCUT2D eigenvalue weighted by molar-refractivity contribution is 0.271. The maximum atomic E-state index is 9.09. The molecule has 0 aliphatic rings. The molecule has 2 heterocycles. The third-order valence-electron chi connectivity index (χ3n) is 2.20. The lowest BCUT2D eigenvalue weighted by Crippen LogP contribution is -2.03. The Morgan fingerprint density at radius 2 is 2.27 bits per heavy atom. The number of aliphatic hydroxyl groups excluding tert-OH is 1. The number of pyridine rings is 1. The maximum Gasteiger partial charge on any atom is 0.0832 e. The Balaban J connectivity index is 2.22. The minimum atomic E-state index is 0.0639. The summed E-state index contributed by atoms with van der Waals surface area (Å²) < 4.78 is 2.97. The molecular weight excluding hydrogens is 256 g/mol. The molecule has 2 aromatic rings. The van der Waals surface area contributed by atoms with Crippen molar-refractivity contribution in [1.82, 2.24) is 9.55 Å². The van der Waals surface area contributed by atoms with Crippen LogP contribution in [-0.4, -0.2) is 14.7 Å². The molecule has 0 saturated carbocycles. The third kappa shape index (κ3) is 2.46. The summed E-state index contributed by atoms with van der Waals surface area (Å²) in [6, 6.07) is 5.86. The smallest absolute Gasteiger partial charge is 0.0832 e. The van der Waals surface area contributed by atoms with E-state index < -0.39 is 0 Å². The molecule has 0 bridgehead atoms. The minimum absolute atomic E-state index is 0.0639. The first-order chi connectivity index (χ1) is 7.29. The van der Waals surface area contributed by atoms with Gasteiger partial charge in [0.15, 0.2) is 0 Å². The molecule has 0 amide bonds. The van der Waals surface area contributed by atoms with E-state index in [1.165, 1.54) is 0 Å². The van der Waals surface area contributed by atoms with Crippen molar-refractivity contribution in [2.75, 3.05) is 0 Å². The maximum absolute atomic E-state index is 9.09. The molecule has 2 aromatic heterocycles. The lowest BCUT2D eigenvalue weighted by atomic mass is 10.3. The van der Waals surface area contributed by atoms with Gasteiger partial charge in [-0.3, -0.25) is 4.98 Å². The summed E-state index contributed by atoms with van der Waals surface area (Å²) in [6.45, 7) is 0.795. The number of hydrogen-bond acceptors (Lipinski definition) is 2. The van der Waals surface area contributed by atoms with Crippen LogP contribution in [0.1, 0.15) is 11.3 Å². The summed E-state index contributed by atoms with van der Waals surface area (Å²) in [4.78, 5) is 4.10. The molecule has 0 aliphatic heterocycles. The first kappa shape index (κ1) is 10.4. The Morgan fingerprint density at radius 1 is 1.40 bits per heavy atom. The SMILES string of the molecule is OCc1cccn1Cc1cncc(Br)c1. The number of hydrogen-bond donors (Lipinski definition) is 1. The van der Waals surface area contributed by atoms with E-state index in [-0.39, 0.29) is 6.61 Å². The fourth-order valence-electron chi connectivity index (χ4n) is 1.49. The standard InChI is InChI=1S/C11H11BrN2O/c12-10-4-9(5-13-6-10)7-14-3-1-2-11(14)8-15/h1-6,15H,7-8H2. The van der Waals surface area contributed by atoms with Crippen LogP contribution in [0.3, 0.4) is 0 Å². The Kier molecular flexibility index (Phi) is 3.18. The van der Waals surface area contributed by atoms with Crippen molar-refractivity contribution < 1.29 is 5.11 Å². The highest BCUT2D eigenvalue weighted by Gasteiger charge is 2.01. The zero-order chi connectivity index (χ0) is 10.7. The van der Waals surface area contributed by atoms with Crippen LogP contribution in [0.25, 0.3) is 0 Å². The van der Waals surface area contributed by atoms with Gasteiger partial charge >= 0.3 is 0 Å². The van der Waals surface area contributed by atoms with Gasteiger partial charge in [0, 0.05) is 35.3 Å². The Labute approximate surface area is 96.5 Å². The molecule has 78 valence electrons. The number of halogens is 1. The normalized spacial score (nSPS) is 10.5. The number of nitrogens with zero attached hydrogens (tertiary/aromatic N) is 2. The number of aromatic nitrogens is 2. The minimum Gasteiger partial charge on any atom is -0.390 e. The highest BCUT2D eigenvalue weighted by atomic mass is 79.9. The van der Waals surface area contributed by atoms with E-state index >= 15 is 0 Å². The average molecular weight is 267 g/mol. The van der Waals surface area contributed by atoms with Crippen molar-refractivity contribution >= 4 is 15.9 Å². The van der Waals surface area contributed by atoms with E-state index in [1.807, 2.05) is 35.2 Å². The van der Waals surface area contributed by atoms with Gasteiger partial charge in [-0.25, -0.2) is 0 Å². The highest BCUT2D eigenvalue weighted by molar-refractivity contribution is 9.10. The topological polar surface area (TPSA) is 38.0 Å². The molecule has 0 atom stereocenters. The first-order valence-corrected chi connectivity index (χ1v) is 5.43. The Morgan fingerprint density at radius 3 is 3.00 bits per heavy atom. The van der Waals surface area contributed by atoms with Crippen molar-refractivity contribution in [3.63, 3.8) is 0 Å². The van der Waals surface area contributed by atoms with Crippen molar-refractivity contribution in [1.29, 1.82) is 0 Å². The zero-order valence-electron chi connectivity index (χ0n) is 8.10. The van der Waals surface area contributed by atoms with Crippen LogP contribution in [0.5, 0.6) is 0 Å². The molecule has 4 heteroatoms. The van der Waals surface area contributed by atoms with Crippen LogP contribution >= 0.6 is 15.9 Å². The molecule has 0 aromatic carbocycles. The fourth-order valence-corrected chi connectivity index (χ4v) is 1.90. The number of aliphatic hydroxyl groups is 1. The van der Waals surface area contributed by atoms with Crippen molar-refractivity contribution in [3.8, 4) is 0 Å². The summed E-state index contributed by atoms with van der Waals surface area (Å²) in [6.07, 6.45) is 5.53. The number of rotatable bonds is 3. The van der Waals surface area contributed by atoms with Crippen LogP contribution in [0.2, 0.25) is 0 Å². The van der Waals surface area contributed by atoms with E-state index in [2.05, 4.69) is 20.9 Å². The molecule has 15 heavy (non-hydrogen) atoms. The van der Waals surface area contributed by atoms with Gasteiger partial charge in [-0.05, 0) is 39.7 Å². The molecule has 2 rings (SSSR count). The van der Waals surface area contributed by atoms with Gasteiger partial charge in [0.2, 0.25) is 0 Å². The predicted molar refractivity (Wildman–Crippen MR) is 61.4 cm³/mol. The second-order valence-corrected chi connectivity index (χ2v) is 4.21. The van der Waals surface area contributed by atoms with Gasteiger partial charge in [0.1, 0.15) is 0 Å². The second kappa shape index (κ2) is 4.59. The van der Waals surface area contributed by atoms with Crippen LogP contribution in [-0.2, 0) is 13.2 Å². The van der Waals surface area contributed by atoms with Gasteiger partial charge in [-0.2, -0.15) is 0 Å². The molecular formula is C11H11BrN2O. The van der Waals surface area contributed by atoms with E-state index in [9.17, 15) is 0 Å². The van der Waals surface area contributed by atoms with Crippen molar-refractivity contribution in [2.45, 2.75) is 13.2 Å². The van der Waals surface area contributed by atoms with Gasteiger partial charge in [-0.15, -0.1) is 0 Å². The predicted octanol–water partition coefficient (Wildman–Crippen LogP) is 2.19. The van der Waals surface area contributed by atoms with Crippen molar-refractivity contribution in [2.24, 2.45) is 0 Å². The van der Waals surface area contributed by atoms with Crippen LogP contribution < -0.4 is 0 Å². The van der Waals surface area contributed by atoms with Gasteiger partial charge in [0.25, 0.3) is 0 Å². The molecule has 0 unspecified atom stereocenters. The fraction of sp³-hybridized carbons (Fsp3) is 0.182. The molecule has 0 fully saturated rings.